The predicted molar refractivity (Wildman–Crippen MR) is 55.2 cm³/mol. The zero-order valence-electron chi connectivity index (χ0n) is 9.18. The number of nitrogens with one attached hydrogen (secondary N) is 1. The SMILES string of the molecule is O=S(=O)(NCCC(F)(F)F)c1cnn(CCO)c1. The van der Waals surface area contributed by atoms with Gasteiger partial charge in [0, 0.05) is 12.7 Å². The van der Waals surface area contributed by atoms with Gasteiger partial charge in [0.1, 0.15) is 4.90 Å². The van der Waals surface area contributed by atoms with Crippen LogP contribution in [0.1, 0.15) is 6.42 Å². The van der Waals surface area contributed by atoms with E-state index in [0.29, 0.717) is 0 Å². The molecule has 0 aliphatic rings. The molecule has 2 N–H and O–H groups in total. The molecule has 0 bridgehead atoms. The van der Waals surface area contributed by atoms with Crippen LogP contribution in [0, 0.1) is 0 Å². The number of aromatic nitrogens is 2. The molecule has 10 heteroatoms. The van der Waals surface area contributed by atoms with Gasteiger partial charge < -0.3 is 5.11 Å². The van der Waals surface area contributed by atoms with Crippen molar-refractivity contribution in [2.24, 2.45) is 0 Å². The average Bonchev–Trinajstić information content (AvgIpc) is 2.65. The van der Waals surface area contributed by atoms with Gasteiger partial charge in [0.05, 0.1) is 25.8 Å². The first-order valence-electron chi connectivity index (χ1n) is 4.94. The van der Waals surface area contributed by atoms with Gasteiger partial charge in [-0.05, 0) is 0 Å². The van der Waals surface area contributed by atoms with Gasteiger partial charge >= 0.3 is 6.18 Å². The molecule has 0 amide bonds. The maximum atomic E-state index is 11.9. The molecular weight excluding hydrogens is 275 g/mol. The highest BCUT2D eigenvalue weighted by molar-refractivity contribution is 7.89. The lowest BCUT2D eigenvalue weighted by atomic mass is 10.4. The van der Waals surface area contributed by atoms with E-state index in [1.807, 2.05) is 4.72 Å². The van der Waals surface area contributed by atoms with E-state index in [-0.39, 0.29) is 18.0 Å². The summed E-state index contributed by atoms with van der Waals surface area (Å²) >= 11 is 0. The van der Waals surface area contributed by atoms with Crippen LogP contribution in [0.15, 0.2) is 17.3 Å². The smallest absolute Gasteiger partial charge is 0.390 e. The second-order valence-electron chi connectivity index (χ2n) is 3.43. The summed E-state index contributed by atoms with van der Waals surface area (Å²) in [6, 6.07) is 0. The molecule has 0 aliphatic heterocycles. The lowest BCUT2D eigenvalue weighted by Crippen LogP contribution is -2.27. The summed E-state index contributed by atoms with van der Waals surface area (Å²) < 4.78 is 61.7. The first-order chi connectivity index (χ1) is 8.24. The molecule has 1 aromatic rings. The Balaban J connectivity index is 2.62. The molecule has 1 rings (SSSR count). The molecule has 0 radical (unpaired) electrons. The van der Waals surface area contributed by atoms with Crippen molar-refractivity contribution in [2.45, 2.75) is 24.0 Å². The summed E-state index contributed by atoms with van der Waals surface area (Å²) in [6.07, 6.45) is -3.52. The van der Waals surface area contributed by atoms with Crippen molar-refractivity contribution in [3.05, 3.63) is 12.4 Å². The minimum Gasteiger partial charge on any atom is -0.394 e. The van der Waals surface area contributed by atoms with Gasteiger partial charge in [0.15, 0.2) is 0 Å². The van der Waals surface area contributed by atoms with Crippen LogP contribution in [0.25, 0.3) is 0 Å². The fourth-order valence-corrected chi connectivity index (χ4v) is 2.10. The fraction of sp³-hybridized carbons (Fsp3) is 0.625. The number of hydrogen-bond donors (Lipinski definition) is 2. The summed E-state index contributed by atoms with van der Waals surface area (Å²) in [4.78, 5) is -0.238. The molecule has 0 unspecified atom stereocenters. The maximum Gasteiger partial charge on any atom is 0.390 e. The maximum absolute atomic E-state index is 11.9. The molecule has 0 spiro atoms. The molecule has 0 saturated heterocycles. The standard InChI is InChI=1S/C8H12F3N3O3S/c9-8(10,11)1-2-13-18(16,17)7-5-12-14(6-7)3-4-15/h5-6,13,15H,1-4H2. The zero-order valence-corrected chi connectivity index (χ0v) is 10.00. The Kier molecular flexibility index (Phi) is 4.71. The van der Waals surface area contributed by atoms with Gasteiger partial charge in [0.2, 0.25) is 10.0 Å². The van der Waals surface area contributed by atoms with Gasteiger partial charge in [0.25, 0.3) is 0 Å². The fourth-order valence-electron chi connectivity index (χ4n) is 1.12. The Bertz CT molecular complexity index is 483. The minimum absolute atomic E-state index is 0.109. The Morgan fingerprint density at radius 3 is 2.67 bits per heavy atom. The van der Waals surface area contributed by atoms with E-state index >= 15 is 0 Å². The van der Waals surface area contributed by atoms with Crippen molar-refractivity contribution in [3.8, 4) is 0 Å². The van der Waals surface area contributed by atoms with Crippen LogP contribution in [0.2, 0.25) is 0 Å². The number of alkyl halides is 3. The Labute approximate surface area is 101 Å². The molecule has 18 heavy (non-hydrogen) atoms. The molecule has 6 nitrogen and oxygen atoms in total. The first-order valence-corrected chi connectivity index (χ1v) is 6.43. The molecule has 0 aliphatic carbocycles. The minimum atomic E-state index is -4.41. The number of hydrogen-bond acceptors (Lipinski definition) is 4. The number of halogens is 3. The predicted octanol–water partition coefficient (Wildman–Crippen LogP) is 0.106. The molecule has 104 valence electrons. The van der Waals surface area contributed by atoms with E-state index in [1.165, 1.54) is 4.68 Å². The highest BCUT2D eigenvalue weighted by Gasteiger charge is 2.27. The lowest BCUT2D eigenvalue weighted by Gasteiger charge is -2.07. The molecule has 0 saturated carbocycles. The monoisotopic (exact) mass is 287 g/mol. The molecule has 1 heterocycles. The third kappa shape index (κ3) is 4.63. The number of aliphatic hydroxyl groups excluding tert-OH is 1. The van der Waals surface area contributed by atoms with Crippen LogP contribution in [-0.2, 0) is 16.6 Å². The van der Waals surface area contributed by atoms with Crippen LogP contribution in [0.4, 0.5) is 13.2 Å². The van der Waals surface area contributed by atoms with Gasteiger partial charge in [-0.1, -0.05) is 0 Å². The molecule has 0 fully saturated rings. The van der Waals surface area contributed by atoms with Gasteiger partial charge in [-0.3, -0.25) is 4.68 Å². The van der Waals surface area contributed by atoms with Crippen molar-refractivity contribution in [3.63, 3.8) is 0 Å². The normalized spacial score (nSPS) is 12.9. The van der Waals surface area contributed by atoms with E-state index in [1.54, 1.807) is 0 Å². The third-order valence-corrected chi connectivity index (χ3v) is 3.37. The number of sulfonamides is 1. The van der Waals surface area contributed by atoms with Gasteiger partial charge in [-0.25, -0.2) is 13.1 Å². The van der Waals surface area contributed by atoms with Gasteiger partial charge in [-0.15, -0.1) is 0 Å². The van der Waals surface area contributed by atoms with Crippen LogP contribution in [-0.4, -0.2) is 42.6 Å². The lowest BCUT2D eigenvalue weighted by molar-refractivity contribution is -0.132. The number of aliphatic hydroxyl groups is 1. The highest BCUT2D eigenvalue weighted by atomic mass is 32.2. The van der Waals surface area contributed by atoms with E-state index in [9.17, 15) is 21.6 Å². The molecule has 0 aromatic carbocycles. The molecular formula is C8H12F3N3O3S. The highest BCUT2D eigenvalue weighted by Crippen LogP contribution is 2.18. The van der Waals surface area contributed by atoms with E-state index < -0.39 is 29.2 Å². The quantitative estimate of drug-likeness (QED) is 0.777. The average molecular weight is 287 g/mol. The second-order valence-corrected chi connectivity index (χ2v) is 5.19. The van der Waals surface area contributed by atoms with Crippen LogP contribution < -0.4 is 4.72 Å². The first kappa shape index (κ1) is 14.9. The second kappa shape index (κ2) is 5.67. The Morgan fingerprint density at radius 2 is 2.11 bits per heavy atom. The summed E-state index contributed by atoms with van der Waals surface area (Å²) in [7, 11) is -4.00. The van der Waals surface area contributed by atoms with Crippen molar-refractivity contribution in [1.29, 1.82) is 0 Å². The van der Waals surface area contributed by atoms with Crippen molar-refractivity contribution in [1.82, 2.24) is 14.5 Å². The summed E-state index contributed by atoms with van der Waals surface area (Å²) in [5.41, 5.74) is 0. The van der Waals surface area contributed by atoms with Crippen LogP contribution in [0.3, 0.4) is 0 Å². The van der Waals surface area contributed by atoms with Crippen LogP contribution >= 0.6 is 0 Å². The number of nitrogens with zero attached hydrogens (tertiary/aromatic N) is 2. The third-order valence-electron chi connectivity index (χ3n) is 1.95. The Morgan fingerprint density at radius 1 is 1.44 bits per heavy atom. The van der Waals surface area contributed by atoms with Crippen LogP contribution in [0.5, 0.6) is 0 Å². The van der Waals surface area contributed by atoms with Crippen molar-refractivity contribution in [2.75, 3.05) is 13.2 Å². The molecule has 1 aromatic heterocycles. The van der Waals surface area contributed by atoms with E-state index in [4.69, 9.17) is 5.11 Å². The zero-order chi connectivity index (χ0) is 13.8. The summed E-state index contributed by atoms with van der Waals surface area (Å²) in [5.74, 6) is 0. The van der Waals surface area contributed by atoms with Gasteiger partial charge in [-0.2, -0.15) is 18.3 Å². The summed E-state index contributed by atoms with van der Waals surface area (Å²) in [5, 5.41) is 12.3. The van der Waals surface area contributed by atoms with Crippen molar-refractivity contribution >= 4 is 10.0 Å². The van der Waals surface area contributed by atoms with E-state index in [2.05, 4.69) is 5.10 Å². The Hall–Kier alpha value is -1.13. The topological polar surface area (TPSA) is 84.2 Å². The van der Waals surface area contributed by atoms with E-state index in [0.717, 1.165) is 12.4 Å². The summed E-state index contributed by atoms with van der Waals surface area (Å²) in [6.45, 7) is -0.836. The largest absolute Gasteiger partial charge is 0.394 e. The number of rotatable bonds is 6. The molecule has 0 atom stereocenters. The van der Waals surface area contributed by atoms with Crippen molar-refractivity contribution < 1.29 is 26.7 Å².